The molecule has 1 fully saturated rings. The average Bonchev–Trinajstić information content (AvgIpc) is 2.98. The summed E-state index contributed by atoms with van der Waals surface area (Å²) < 4.78 is 5.28. The second kappa shape index (κ2) is 6.62. The lowest BCUT2D eigenvalue weighted by Gasteiger charge is -2.32. The molecule has 0 saturated carbocycles. The van der Waals surface area contributed by atoms with Crippen LogP contribution in [0, 0.1) is 0 Å². The van der Waals surface area contributed by atoms with E-state index in [1.165, 1.54) is 0 Å². The van der Waals surface area contributed by atoms with Crippen LogP contribution in [0.25, 0.3) is 10.7 Å². The third-order valence-corrected chi connectivity index (χ3v) is 4.63. The number of ether oxygens (including phenoxy) is 1. The van der Waals surface area contributed by atoms with Crippen LogP contribution in [0.1, 0.15) is 17.7 Å². The highest BCUT2D eigenvalue weighted by molar-refractivity contribution is 7.14. The maximum absolute atomic E-state index is 10.4. The minimum Gasteiger partial charge on any atom is -0.388 e. The van der Waals surface area contributed by atoms with Crippen molar-refractivity contribution in [3.05, 3.63) is 35.5 Å². The summed E-state index contributed by atoms with van der Waals surface area (Å²) in [6.45, 7) is 2.59. The molecule has 3 rings (SSSR count). The van der Waals surface area contributed by atoms with Crippen molar-refractivity contribution in [1.29, 1.82) is 0 Å². The number of nitrogens with one attached hydrogen (secondary N) is 1. The number of aliphatic hydroxyl groups is 1. The van der Waals surface area contributed by atoms with E-state index in [4.69, 9.17) is 4.74 Å². The molecular formula is C15H19N3O2S. The molecule has 1 saturated heterocycles. The van der Waals surface area contributed by atoms with Gasteiger partial charge in [-0.15, -0.1) is 11.3 Å². The van der Waals surface area contributed by atoms with Crippen LogP contribution in [0.2, 0.25) is 0 Å². The molecule has 3 heterocycles. The highest BCUT2D eigenvalue weighted by Crippen LogP contribution is 2.23. The summed E-state index contributed by atoms with van der Waals surface area (Å²) in [4.78, 5) is 9.85. The van der Waals surface area contributed by atoms with Crippen LogP contribution in [0.15, 0.2) is 30.6 Å². The molecule has 0 unspecified atom stereocenters. The van der Waals surface area contributed by atoms with Gasteiger partial charge in [0.2, 0.25) is 0 Å². The van der Waals surface area contributed by atoms with Gasteiger partial charge in [-0.2, -0.15) is 0 Å². The Morgan fingerprint density at radius 1 is 1.29 bits per heavy atom. The largest absolute Gasteiger partial charge is 0.388 e. The van der Waals surface area contributed by atoms with E-state index in [-0.39, 0.29) is 0 Å². The van der Waals surface area contributed by atoms with E-state index in [1.54, 1.807) is 17.5 Å². The summed E-state index contributed by atoms with van der Waals surface area (Å²) in [5.41, 5.74) is 0.268. The summed E-state index contributed by atoms with van der Waals surface area (Å²) >= 11 is 1.63. The molecule has 0 aromatic carbocycles. The van der Waals surface area contributed by atoms with Gasteiger partial charge in [0.25, 0.3) is 0 Å². The third-order valence-electron chi connectivity index (χ3n) is 3.61. The van der Waals surface area contributed by atoms with Crippen LogP contribution in [0.4, 0.5) is 0 Å². The lowest BCUT2D eigenvalue weighted by atomic mass is 9.94. The molecular weight excluding hydrogens is 286 g/mol. The van der Waals surface area contributed by atoms with E-state index in [2.05, 4.69) is 15.3 Å². The maximum atomic E-state index is 10.4. The lowest BCUT2D eigenvalue weighted by Crippen LogP contribution is -2.44. The zero-order valence-electron chi connectivity index (χ0n) is 11.8. The highest BCUT2D eigenvalue weighted by Gasteiger charge is 2.29. The average molecular weight is 305 g/mol. The van der Waals surface area contributed by atoms with Crippen molar-refractivity contribution in [2.45, 2.75) is 25.0 Å². The Morgan fingerprint density at radius 2 is 2.14 bits per heavy atom. The standard InChI is InChI=1S/C15H19N3O2S/c19-15(4-7-20-8-5-15)11-16-9-12-10-18-14(21-12)13-3-1-2-6-17-13/h1-3,6,10,16,19H,4-5,7-9,11H2. The lowest BCUT2D eigenvalue weighted by molar-refractivity contribution is -0.0616. The molecule has 0 aliphatic carbocycles. The molecule has 0 radical (unpaired) electrons. The molecule has 2 aromatic rings. The van der Waals surface area contributed by atoms with Crippen molar-refractivity contribution < 1.29 is 9.84 Å². The molecule has 0 atom stereocenters. The monoisotopic (exact) mass is 305 g/mol. The molecule has 2 N–H and O–H groups in total. The van der Waals surface area contributed by atoms with Crippen LogP contribution < -0.4 is 5.32 Å². The maximum Gasteiger partial charge on any atom is 0.142 e. The van der Waals surface area contributed by atoms with Gasteiger partial charge >= 0.3 is 0 Å². The molecule has 6 heteroatoms. The second-order valence-electron chi connectivity index (χ2n) is 5.29. The molecule has 2 aromatic heterocycles. The number of thiazole rings is 1. The van der Waals surface area contributed by atoms with Crippen molar-refractivity contribution in [1.82, 2.24) is 15.3 Å². The third kappa shape index (κ3) is 3.85. The summed E-state index contributed by atoms with van der Waals surface area (Å²) in [5, 5.41) is 14.6. The van der Waals surface area contributed by atoms with Gasteiger partial charge in [-0.1, -0.05) is 6.07 Å². The Hall–Kier alpha value is -1.34. The van der Waals surface area contributed by atoms with Crippen molar-refractivity contribution in [3.8, 4) is 10.7 Å². The van der Waals surface area contributed by atoms with Gasteiger partial charge in [0, 0.05) is 56.4 Å². The molecule has 21 heavy (non-hydrogen) atoms. The minimum atomic E-state index is -0.632. The van der Waals surface area contributed by atoms with Gasteiger partial charge in [0.1, 0.15) is 5.01 Å². The number of aromatic nitrogens is 2. The van der Waals surface area contributed by atoms with Gasteiger partial charge in [-0.25, -0.2) is 4.98 Å². The SMILES string of the molecule is OC1(CNCc2cnc(-c3ccccn3)s2)CCOCC1. The molecule has 5 nitrogen and oxygen atoms in total. The normalized spacial score (nSPS) is 17.8. The van der Waals surface area contributed by atoms with Crippen LogP contribution in [-0.4, -0.2) is 40.4 Å². The number of nitrogens with zero attached hydrogens (tertiary/aromatic N) is 2. The van der Waals surface area contributed by atoms with Crippen molar-refractivity contribution in [2.75, 3.05) is 19.8 Å². The number of pyridine rings is 1. The fourth-order valence-corrected chi connectivity index (χ4v) is 3.20. The van der Waals surface area contributed by atoms with E-state index in [1.807, 2.05) is 24.4 Å². The van der Waals surface area contributed by atoms with Crippen LogP contribution >= 0.6 is 11.3 Å². The van der Waals surface area contributed by atoms with Crippen LogP contribution in [0.3, 0.4) is 0 Å². The summed E-state index contributed by atoms with van der Waals surface area (Å²) in [6, 6.07) is 5.82. The summed E-state index contributed by atoms with van der Waals surface area (Å²) in [7, 11) is 0. The van der Waals surface area contributed by atoms with Crippen molar-refractivity contribution in [3.63, 3.8) is 0 Å². The highest BCUT2D eigenvalue weighted by atomic mass is 32.1. The quantitative estimate of drug-likeness (QED) is 0.882. The van der Waals surface area contributed by atoms with Gasteiger partial charge in [-0.05, 0) is 12.1 Å². The summed E-state index contributed by atoms with van der Waals surface area (Å²) in [5.74, 6) is 0. The Balaban J connectivity index is 1.53. The van der Waals surface area contributed by atoms with Gasteiger partial charge < -0.3 is 15.2 Å². The van der Waals surface area contributed by atoms with Crippen LogP contribution in [-0.2, 0) is 11.3 Å². The number of hydrogen-bond acceptors (Lipinski definition) is 6. The van der Waals surface area contributed by atoms with Gasteiger partial charge in [0.05, 0.1) is 11.3 Å². The van der Waals surface area contributed by atoms with E-state index in [9.17, 15) is 5.11 Å². The predicted octanol–water partition coefficient (Wildman–Crippen LogP) is 1.84. The molecule has 1 aliphatic heterocycles. The summed E-state index contributed by atoms with van der Waals surface area (Å²) in [6.07, 6.45) is 5.04. The zero-order chi connectivity index (χ0) is 14.5. The molecule has 112 valence electrons. The van der Waals surface area contributed by atoms with E-state index in [0.717, 1.165) is 15.6 Å². The zero-order valence-corrected chi connectivity index (χ0v) is 12.6. The topological polar surface area (TPSA) is 67.3 Å². The second-order valence-corrected chi connectivity index (χ2v) is 6.40. The Morgan fingerprint density at radius 3 is 2.90 bits per heavy atom. The predicted molar refractivity (Wildman–Crippen MR) is 82.1 cm³/mol. The number of rotatable bonds is 5. The fourth-order valence-electron chi connectivity index (χ4n) is 2.34. The molecule has 1 aliphatic rings. The van der Waals surface area contributed by atoms with E-state index >= 15 is 0 Å². The number of hydrogen-bond donors (Lipinski definition) is 2. The first-order chi connectivity index (χ1) is 10.3. The first kappa shape index (κ1) is 14.6. The Bertz CT molecular complexity index is 567. The first-order valence-electron chi connectivity index (χ1n) is 7.12. The molecule has 0 spiro atoms. The van der Waals surface area contributed by atoms with E-state index < -0.39 is 5.60 Å². The Kier molecular flexibility index (Phi) is 4.60. The van der Waals surface area contributed by atoms with Crippen molar-refractivity contribution >= 4 is 11.3 Å². The van der Waals surface area contributed by atoms with E-state index in [0.29, 0.717) is 39.1 Å². The minimum absolute atomic E-state index is 0.590. The fraction of sp³-hybridized carbons (Fsp3) is 0.467. The van der Waals surface area contributed by atoms with Gasteiger partial charge in [0.15, 0.2) is 0 Å². The first-order valence-corrected chi connectivity index (χ1v) is 7.94. The van der Waals surface area contributed by atoms with Gasteiger partial charge in [-0.3, -0.25) is 4.98 Å². The molecule has 0 amide bonds. The smallest absolute Gasteiger partial charge is 0.142 e. The van der Waals surface area contributed by atoms with Crippen molar-refractivity contribution in [2.24, 2.45) is 0 Å². The molecule has 0 bridgehead atoms. The van der Waals surface area contributed by atoms with Crippen LogP contribution in [0.5, 0.6) is 0 Å². The Labute approximate surface area is 128 Å².